The maximum atomic E-state index is 11.1. The second-order valence-corrected chi connectivity index (χ2v) is 4.34. The van der Waals surface area contributed by atoms with Gasteiger partial charge in [0, 0.05) is 20.0 Å². The maximum absolute atomic E-state index is 11.1. The van der Waals surface area contributed by atoms with E-state index >= 15 is 0 Å². The Labute approximate surface area is 89.4 Å². The van der Waals surface area contributed by atoms with Crippen LogP contribution in [0, 0.1) is 0 Å². The average Bonchev–Trinajstić information content (AvgIpc) is 2.08. The number of likely N-dealkylation sites (tertiary alicyclic amines) is 1. The van der Waals surface area contributed by atoms with Crippen molar-refractivity contribution in [1.82, 2.24) is 10.2 Å². The third-order valence-corrected chi connectivity index (χ3v) is 2.87. The Morgan fingerprint density at radius 1 is 1.40 bits per heavy atom. The van der Waals surface area contributed by atoms with Crippen molar-refractivity contribution < 1.29 is 14.7 Å². The number of nitrogens with one attached hydrogen (secondary N) is 1. The largest absolute Gasteiger partial charge is 0.481 e. The van der Waals surface area contributed by atoms with Gasteiger partial charge in [0.15, 0.2) is 0 Å². The van der Waals surface area contributed by atoms with Crippen LogP contribution >= 0.6 is 0 Å². The Morgan fingerprint density at radius 2 is 1.93 bits per heavy atom. The van der Waals surface area contributed by atoms with Crippen molar-refractivity contribution in [3.05, 3.63) is 0 Å². The van der Waals surface area contributed by atoms with Crippen LogP contribution in [-0.2, 0) is 9.59 Å². The number of carboxylic acid groups (broad SMARTS) is 1. The second kappa shape index (κ2) is 4.61. The van der Waals surface area contributed by atoms with E-state index in [-0.39, 0.29) is 12.3 Å². The molecule has 0 aromatic heterocycles. The van der Waals surface area contributed by atoms with E-state index in [1.165, 1.54) is 6.92 Å². The van der Waals surface area contributed by atoms with Crippen molar-refractivity contribution in [2.45, 2.75) is 31.7 Å². The molecule has 1 rings (SSSR count). The van der Waals surface area contributed by atoms with Crippen molar-refractivity contribution in [2.24, 2.45) is 0 Å². The standard InChI is InChI=1S/C10H18N2O3/c1-8(13)11-10(7-9(14)15)3-5-12(2)6-4-10/h3-7H2,1-2H3,(H,11,13)(H,14,15). The van der Waals surface area contributed by atoms with Crippen molar-refractivity contribution in [3.8, 4) is 0 Å². The first-order chi connectivity index (χ1) is 6.93. The molecule has 0 aliphatic carbocycles. The van der Waals surface area contributed by atoms with E-state index in [9.17, 15) is 9.59 Å². The van der Waals surface area contributed by atoms with Crippen LogP contribution < -0.4 is 5.32 Å². The van der Waals surface area contributed by atoms with E-state index < -0.39 is 11.5 Å². The highest BCUT2D eigenvalue weighted by molar-refractivity contribution is 5.76. The van der Waals surface area contributed by atoms with E-state index in [0.717, 1.165) is 13.1 Å². The molecule has 1 fully saturated rings. The van der Waals surface area contributed by atoms with E-state index in [1.807, 2.05) is 7.05 Å². The van der Waals surface area contributed by atoms with E-state index in [0.29, 0.717) is 12.8 Å². The number of carbonyl (C=O) groups excluding carboxylic acids is 1. The Kier molecular flexibility index (Phi) is 3.68. The van der Waals surface area contributed by atoms with E-state index in [1.54, 1.807) is 0 Å². The minimum atomic E-state index is -0.853. The Morgan fingerprint density at radius 3 is 2.33 bits per heavy atom. The summed E-state index contributed by atoms with van der Waals surface area (Å²) < 4.78 is 0. The topological polar surface area (TPSA) is 69.6 Å². The summed E-state index contributed by atoms with van der Waals surface area (Å²) >= 11 is 0. The van der Waals surface area contributed by atoms with Gasteiger partial charge in [-0.25, -0.2) is 0 Å². The zero-order chi connectivity index (χ0) is 11.5. The Balaban J connectivity index is 2.68. The van der Waals surface area contributed by atoms with Gasteiger partial charge in [-0.15, -0.1) is 0 Å². The number of carbonyl (C=O) groups is 2. The quantitative estimate of drug-likeness (QED) is 0.697. The van der Waals surface area contributed by atoms with E-state index in [4.69, 9.17) is 5.11 Å². The summed E-state index contributed by atoms with van der Waals surface area (Å²) in [5.41, 5.74) is -0.538. The van der Waals surface area contributed by atoms with Crippen LogP contribution in [-0.4, -0.2) is 47.6 Å². The molecule has 0 unspecified atom stereocenters. The van der Waals surface area contributed by atoms with Crippen molar-refractivity contribution in [1.29, 1.82) is 0 Å². The number of hydrogen-bond acceptors (Lipinski definition) is 3. The molecular weight excluding hydrogens is 196 g/mol. The molecule has 15 heavy (non-hydrogen) atoms. The number of piperidine rings is 1. The molecule has 0 atom stereocenters. The van der Waals surface area contributed by atoms with Crippen LogP contribution in [0.3, 0.4) is 0 Å². The Hall–Kier alpha value is -1.10. The molecule has 5 heteroatoms. The van der Waals surface area contributed by atoms with Crippen LogP contribution in [0.1, 0.15) is 26.2 Å². The average molecular weight is 214 g/mol. The number of amides is 1. The lowest BCUT2D eigenvalue weighted by Gasteiger charge is -2.40. The van der Waals surface area contributed by atoms with Crippen LogP contribution in [0.4, 0.5) is 0 Å². The maximum Gasteiger partial charge on any atom is 0.305 e. The minimum absolute atomic E-state index is 0.0143. The van der Waals surface area contributed by atoms with E-state index in [2.05, 4.69) is 10.2 Å². The number of carboxylic acids is 1. The second-order valence-electron chi connectivity index (χ2n) is 4.34. The van der Waals surface area contributed by atoms with Gasteiger partial charge >= 0.3 is 5.97 Å². The fourth-order valence-electron chi connectivity index (χ4n) is 2.06. The predicted octanol–water partition coefficient (Wildman–Crippen LogP) is 0.0616. The fraction of sp³-hybridized carbons (Fsp3) is 0.800. The monoisotopic (exact) mass is 214 g/mol. The number of nitrogens with zero attached hydrogens (tertiary/aromatic N) is 1. The molecule has 0 aromatic carbocycles. The number of hydrogen-bond donors (Lipinski definition) is 2. The molecule has 1 saturated heterocycles. The summed E-state index contributed by atoms with van der Waals surface area (Å²) in [5, 5.41) is 11.6. The van der Waals surface area contributed by atoms with Gasteiger partial charge in [0.25, 0.3) is 0 Å². The normalized spacial score (nSPS) is 20.9. The lowest BCUT2D eigenvalue weighted by atomic mass is 9.84. The summed E-state index contributed by atoms with van der Waals surface area (Å²) in [6, 6.07) is 0. The highest BCUT2D eigenvalue weighted by Gasteiger charge is 2.36. The molecule has 1 aliphatic rings. The first-order valence-electron chi connectivity index (χ1n) is 5.13. The minimum Gasteiger partial charge on any atom is -0.481 e. The summed E-state index contributed by atoms with van der Waals surface area (Å²) in [6.07, 6.45) is 1.42. The molecule has 86 valence electrons. The van der Waals surface area contributed by atoms with Gasteiger partial charge in [0.2, 0.25) is 5.91 Å². The zero-order valence-electron chi connectivity index (χ0n) is 9.25. The van der Waals surface area contributed by atoms with Crippen molar-refractivity contribution in [3.63, 3.8) is 0 Å². The van der Waals surface area contributed by atoms with Crippen molar-refractivity contribution in [2.75, 3.05) is 20.1 Å². The number of rotatable bonds is 3. The van der Waals surface area contributed by atoms with Gasteiger partial charge in [-0.1, -0.05) is 0 Å². The zero-order valence-corrected chi connectivity index (χ0v) is 9.25. The smallest absolute Gasteiger partial charge is 0.305 e. The summed E-state index contributed by atoms with van der Waals surface area (Å²) in [7, 11) is 2.00. The molecule has 5 nitrogen and oxygen atoms in total. The summed E-state index contributed by atoms with van der Waals surface area (Å²) in [5.74, 6) is -1.01. The third-order valence-electron chi connectivity index (χ3n) is 2.87. The SMILES string of the molecule is CC(=O)NC1(CC(=O)O)CCN(C)CC1. The van der Waals surface area contributed by atoms with Gasteiger partial charge in [-0.05, 0) is 19.9 Å². The van der Waals surface area contributed by atoms with Crippen LogP contribution in [0.2, 0.25) is 0 Å². The molecular formula is C10H18N2O3. The van der Waals surface area contributed by atoms with Gasteiger partial charge < -0.3 is 15.3 Å². The number of aliphatic carboxylic acids is 1. The molecule has 0 radical (unpaired) electrons. The molecule has 0 spiro atoms. The lowest BCUT2D eigenvalue weighted by molar-refractivity contribution is -0.139. The van der Waals surface area contributed by atoms with Crippen molar-refractivity contribution >= 4 is 11.9 Å². The fourth-order valence-corrected chi connectivity index (χ4v) is 2.06. The summed E-state index contributed by atoms with van der Waals surface area (Å²) in [4.78, 5) is 24.0. The van der Waals surface area contributed by atoms with Crippen LogP contribution in [0.5, 0.6) is 0 Å². The highest BCUT2D eigenvalue weighted by Crippen LogP contribution is 2.25. The lowest BCUT2D eigenvalue weighted by Crippen LogP contribution is -2.55. The first kappa shape index (κ1) is 12.0. The highest BCUT2D eigenvalue weighted by atomic mass is 16.4. The summed E-state index contributed by atoms with van der Waals surface area (Å²) in [6.45, 7) is 3.09. The third kappa shape index (κ3) is 3.51. The van der Waals surface area contributed by atoms with Gasteiger partial charge in [-0.2, -0.15) is 0 Å². The molecule has 0 bridgehead atoms. The molecule has 0 aromatic rings. The van der Waals surface area contributed by atoms with Gasteiger partial charge in [-0.3, -0.25) is 9.59 Å². The Bertz CT molecular complexity index is 239. The predicted molar refractivity (Wildman–Crippen MR) is 55.5 cm³/mol. The molecule has 1 aliphatic heterocycles. The molecule has 0 saturated carbocycles. The van der Waals surface area contributed by atoms with Gasteiger partial charge in [0.1, 0.15) is 0 Å². The van der Waals surface area contributed by atoms with Crippen LogP contribution in [0.25, 0.3) is 0 Å². The molecule has 1 heterocycles. The van der Waals surface area contributed by atoms with Gasteiger partial charge in [0.05, 0.1) is 12.0 Å². The molecule has 1 amide bonds. The molecule has 2 N–H and O–H groups in total. The van der Waals surface area contributed by atoms with Crippen LogP contribution in [0.15, 0.2) is 0 Å². The first-order valence-corrected chi connectivity index (χ1v) is 5.13.